The largest absolute Gasteiger partial charge is 0.310 e. The van der Waals surface area contributed by atoms with Gasteiger partial charge in [-0.2, -0.15) is 0 Å². The van der Waals surface area contributed by atoms with Crippen molar-refractivity contribution in [3.63, 3.8) is 0 Å². The Morgan fingerprint density at radius 1 is 0.329 bits per heavy atom. The topological polar surface area (TPSA) is 8.17 Å². The molecule has 372 valence electrons. The van der Waals surface area contributed by atoms with E-state index in [9.17, 15) is 0 Å². The van der Waals surface area contributed by atoms with Crippen LogP contribution in [0.15, 0.2) is 279 Å². The van der Waals surface area contributed by atoms with Crippen LogP contribution in [0.1, 0.15) is 47.2 Å². The fourth-order valence-corrected chi connectivity index (χ4v) is 15.1. The number of para-hydroxylation sites is 1. The second kappa shape index (κ2) is 17.5. The van der Waals surface area contributed by atoms with Crippen LogP contribution in [0.5, 0.6) is 0 Å². The van der Waals surface area contributed by atoms with Crippen LogP contribution in [-0.2, 0) is 10.8 Å². The summed E-state index contributed by atoms with van der Waals surface area (Å²) in [4.78, 5) is 2.46. The van der Waals surface area contributed by atoms with E-state index >= 15 is 0 Å². The molecule has 2 nitrogen and oxygen atoms in total. The van der Waals surface area contributed by atoms with Crippen molar-refractivity contribution in [1.29, 1.82) is 0 Å². The van der Waals surface area contributed by atoms with Crippen LogP contribution in [0.2, 0.25) is 0 Å². The lowest BCUT2D eigenvalue weighted by molar-refractivity contribution is 0.660. The molecule has 0 amide bonds. The summed E-state index contributed by atoms with van der Waals surface area (Å²) in [5.41, 5.74) is 23.9. The number of aromatic nitrogens is 1. The maximum atomic E-state index is 2.50. The SMILES string of the molecule is CC1(C)c2ccccc2-c2ccc(N(c3ccc(-c4ccccc4)cc3)c3ccc4c5ccccc5n(-c5ccc6c(c5)-c5ccccc5C6(c5ccccc5)c5cccc(-c6cccc7c6sc6ccccc67)c5)c4c3)cc21. The molecular formula is C76H52N2S. The lowest BCUT2D eigenvalue weighted by Crippen LogP contribution is -2.28. The third-order valence-corrected chi connectivity index (χ3v) is 18.7. The quantitative estimate of drug-likeness (QED) is 0.147. The van der Waals surface area contributed by atoms with Crippen molar-refractivity contribution >= 4 is 70.4 Å². The number of hydrogen-bond acceptors (Lipinski definition) is 2. The van der Waals surface area contributed by atoms with Gasteiger partial charge in [-0.25, -0.2) is 0 Å². The molecule has 0 fully saturated rings. The fraction of sp³-hybridized carbons (Fsp3) is 0.0526. The third-order valence-electron chi connectivity index (χ3n) is 17.5. The molecule has 0 saturated heterocycles. The van der Waals surface area contributed by atoms with E-state index in [0.717, 1.165) is 28.3 Å². The van der Waals surface area contributed by atoms with E-state index in [0.29, 0.717) is 0 Å². The predicted molar refractivity (Wildman–Crippen MR) is 334 cm³/mol. The van der Waals surface area contributed by atoms with E-state index in [2.05, 4.69) is 302 Å². The molecule has 2 aliphatic carbocycles. The zero-order valence-electron chi connectivity index (χ0n) is 43.9. The Hall–Kier alpha value is -9.54. The van der Waals surface area contributed by atoms with Crippen molar-refractivity contribution in [1.82, 2.24) is 4.57 Å². The minimum Gasteiger partial charge on any atom is -0.310 e. The molecule has 1 unspecified atom stereocenters. The summed E-state index contributed by atoms with van der Waals surface area (Å²) in [6.07, 6.45) is 0. The number of fused-ring (bicyclic) bond motifs is 12. The zero-order chi connectivity index (χ0) is 52.4. The minimum atomic E-state index is -0.577. The minimum absolute atomic E-state index is 0.150. The normalized spacial score (nSPS) is 14.9. The smallest absolute Gasteiger partial charge is 0.0713 e. The van der Waals surface area contributed by atoms with Crippen LogP contribution in [0.3, 0.4) is 0 Å². The first-order valence-corrected chi connectivity index (χ1v) is 28.3. The highest BCUT2D eigenvalue weighted by molar-refractivity contribution is 7.26. The van der Waals surface area contributed by atoms with Crippen molar-refractivity contribution in [3.8, 4) is 50.2 Å². The Bertz CT molecular complexity index is 4750. The van der Waals surface area contributed by atoms with Crippen molar-refractivity contribution in [2.24, 2.45) is 0 Å². The molecule has 2 heterocycles. The summed E-state index contributed by atoms with van der Waals surface area (Å²) in [7, 11) is 0. The maximum Gasteiger partial charge on any atom is 0.0713 e. The Balaban J connectivity index is 0.886. The average Bonchev–Trinajstić information content (AvgIpc) is 4.35. The molecule has 12 aromatic carbocycles. The highest BCUT2D eigenvalue weighted by Gasteiger charge is 2.46. The first kappa shape index (κ1) is 45.6. The molecule has 0 radical (unpaired) electrons. The molecule has 2 aromatic heterocycles. The summed E-state index contributed by atoms with van der Waals surface area (Å²) < 4.78 is 5.15. The van der Waals surface area contributed by atoms with Gasteiger partial charge in [-0.1, -0.05) is 226 Å². The molecule has 16 rings (SSSR count). The van der Waals surface area contributed by atoms with Gasteiger partial charge >= 0.3 is 0 Å². The Kier molecular flexibility index (Phi) is 10.1. The van der Waals surface area contributed by atoms with Crippen LogP contribution in [0, 0.1) is 0 Å². The molecule has 0 N–H and O–H groups in total. The number of anilines is 3. The van der Waals surface area contributed by atoms with Gasteiger partial charge < -0.3 is 9.47 Å². The number of nitrogens with zero attached hydrogens (tertiary/aromatic N) is 2. The summed E-state index contributed by atoms with van der Waals surface area (Å²) in [5, 5.41) is 5.07. The highest BCUT2D eigenvalue weighted by Crippen LogP contribution is 2.58. The van der Waals surface area contributed by atoms with Gasteiger partial charge in [0.05, 0.1) is 16.4 Å². The number of benzene rings is 12. The van der Waals surface area contributed by atoms with Crippen LogP contribution < -0.4 is 4.90 Å². The molecule has 0 saturated carbocycles. The lowest BCUT2D eigenvalue weighted by Gasteiger charge is -2.34. The lowest BCUT2D eigenvalue weighted by atomic mass is 9.67. The van der Waals surface area contributed by atoms with Gasteiger partial charge in [0.1, 0.15) is 0 Å². The first-order valence-electron chi connectivity index (χ1n) is 27.5. The molecule has 0 aliphatic heterocycles. The molecule has 2 aliphatic rings. The van der Waals surface area contributed by atoms with Crippen molar-refractivity contribution < 1.29 is 0 Å². The zero-order valence-corrected chi connectivity index (χ0v) is 44.7. The maximum absolute atomic E-state index is 2.50. The van der Waals surface area contributed by atoms with Gasteiger partial charge in [0, 0.05) is 59.1 Å². The van der Waals surface area contributed by atoms with E-state index in [4.69, 9.17) is 0 Å². The first-order chi connectivity index (χ1) is 38.9. The van der Waals surface area contributed by atoms with E-state index in [-0.39, 0.29) is 5.41 Å². The average molecular weight is 1030 g/mol. The standard InChI is InChI=1S/C76H52N2S/c1-75(2)67-31-13-9-25-59(67)61-42-39-56(47-70(61)75)77(54-37-35-50(36-38-54)49-19-5-3-6-20-49)57-40-43-63-62-27-11-15-33-71(62)78(72(63)48-57)55-41-44-69-66(46-55)60-26-10-14-32-68(60)76(69,52-22-7-4-8-23-52)53-24-17-21-51(45-53)58-29-18-30-65-64-28-12-16-34-73(64)79-74(58)65/h3-48H,1-2H3. The number of thiophene rings is 1. The molecule has 79 heavy (non-hydrogen) atoms. The fourth-order valence-electron chi connectivity index (χ4n) is 13.9. The van der Waals surface area contributed by atoms with Crippen LogP contribution in [0.25, 0.3) is 92.2 Å². The summed E-state index contributed by atoms with van der Waals surface area (Å²) in [6, 6.07) is 104. The third kappa shape index (κ3) is 6.76. The summed E-state index contributed by atoms with van der Waals surface area (Å²) >= 11 is 1.89. The van der Waals surface area contributed by atoms with Crippen molar-refractivity contribution in [2.45, 2.75) is 24.7 Å². The van der Waals surface area contributed by atoms with Crippen molar-refractivity contribution in [3.05, 3.63) is 312 Å². The van der Waals surface area contributed by atoms with Crippen LogP contribution in [-0.4, -0.2) is 4.57 Å². The summed E-state index contributed by atoms with van der Waals surface area (Å²) in [6.45, 7) is 4.74. The predicted octanol–water partition coefficient (Wildman–Crippen LogP) is 20.6. The molecular weight excluding hydrogens is 973 g/mol. The highest BCUT2D eigenvalue weighted by atomic mass is 32.1. The Labute approximate surface area is 464 Å². The van der Waals surface area contributed by atoms with E-state index in [1.165, 1.54) is 114 Å². The monoisotopic (exact) mass is 1020 g/mol. The van der Waals surface area contributed by atoms with Gasteiger partial charge in [-0.05, 0) is 145 Å². The summed E-state index contributed by atoms with van der Waals surface area (Å²) in [5.74, 6) is 0. The van der Waals surface area contributed by atoms with Gasteiger partial charge in [0.2, 0.25) is 0 Å². The van der Waals surface area contributed by atoms with Crippen LogP contribution >= 0.6 is 11.3 Å². The second-order valence-electron chi connectivity index (χ2n) is 22.0. The molecule has 0 spiro atoms. The van der Waals surface area contributed by atoms with Crippen molar-refractivity contribution in [2.75, 3.05) is 4.90 Å². The van der Waals surface area contributed by atoms with Gasteiger partial charge in [-0.15, -0.1) is 11.3 Å². The number of rotatable bonds is 8. The Morgan fingerprint density at radius 3 is 1.73 bits per heavy atom. The number of hydrogen-bond donors (Lipinski definition) is 0. The van der Waals surface area contributed by atoms with Gasteiger partial charge in [0.25, 0.3) is 0 Å². The van der Waals surface area contributed by atoms with Gasteiger partial charge in [0.15, 0.2) is 0 Å². The van der Waals surface area contributed by atoms with Crippen LogP contribution in [0.4, 0.5) is 17.1 Å². The molecule has 1 atom stereocenters. The second-order valence-corrected chi connectivity index (χ2v) is 23.0. The molecule has 0 bridgehead atoms. The molecule has 3 heteroatoms. The van der Waals surface area contributed by atoms with E-state index < -0.39 is 5.41 Å². The molecule has 14 aromatic rings. The van der Waals surface area contributed by atoms with Gasteiger partial charge in [-0.3, -0.25) is 0 Å². The van der Waals surface area contributed by atoms with E-state index in [1.807, 2.05) is 11.3 Å². The Morgan fingerprint density at radius 2 is 0.899 bits per heavy atom. The van der Waals surface area contributed by atoms with E-state index in [1.54, 1.807) is 0 Å².